The summed E-state index contributed by atoms with van der Waals surface area (Å²) in [6.07, 6.45) is 7.74. The lowest BCUT2D eigenvalue weighted by Crippen LogP contribution is -2.28. The number of hydrogen-bond donors (Lipinski definition) is 2. The first kappa shape index (κ1) is 46.2. The van der Waals surface area contributed by atoms with Gasteiger partial charge in [-0.3, -0.25) is 14.4 Å². The van der Waals surface area contributed by atoms with Crippen LogP contribution in [0.4, 0.5) is 24.5 Å². The fraction of sp³-hybridized carbons (Fsp3) is 0.431. The van der Waals surface area contributed by atoms with Gasteiger partial charge in [0.1, 0.15) is 29.6 Å². The van der Waals surface area contributed by atoms with Gasteiger partial charge in [-0.25, -0.2) is 13.2 Å². The lowest BCUT2D eigenvalue weighted by molar-refractivity contribution is 0.618. The Balaban J connectivity index is 0.000000127. The Labute approximate surface area is 393 Å². The molecule has 12 nitrogen and oxygen atoms in total. The van der Waals surface area contributed by atoms with Crippen LogP contribution in [0, 0.1) is 66.8 Å². The highest BCUT2D eigenvalue weighted by atomic mass is 79.9. The topological polar surface area (TPSA) is 172 Å². The van der Waals surface area contributed by atoms with Gasteiger partial charge >= 0.3 is 0 Å². The Bertz CT molecular complexity index is 3300. The number of nitriles is 2. The number of hydrogen-bond acceptors (Lipinski definition) is 9. The van der Waals surface area contributed by atoms with Crippen molar-refractivity contribution in [3.63, 3.8) is 0 Å². The molecule has 3 aliphatic carbocycles. The highest BCUT2D eigenvalue weighted by Crippen LogP contribution is 2.43. The number of nitrogens with two attached hydrogens (primary N) is 2. The molecule has 2 aliphatic heterocycles. The monoisotopic (exact) mass is 975 g/mol. The van der Waals surface area contributed by atoms with E-state index in [1.54, 1.807) is 28.2 Å². The van der Waals surface area contributed by atoms with Crippen LogP contribution >= 0.6 is 15.9 Å². The maximum atomic E-state index is 14.9. The third kappa shape index (κ3) is 8.42. The molecule has 11 rings (SSSR count). The minimum Gasteiger partial charge on any atom is -0.369 e. The average molecular weight is 977 g/mol. The quantitative estimate of drug-likeness (QED) is 0.166. The number of rotatable bonds is 6. The summed E-state index contributed by atoms with van der Waals surface area (Å²) in [5, 5.41) is 20.3. The molecule has 4 N–H and O–H groups in total. The fourth-order valence-corrected chi connectivity index (χ4v) is 10.7. The molecule has 2 atom stereocenters. The molecule has 67 heavy (non-hydrogen) atoms. The zero-order valence-electron chi connectivity index (χ0n) is 38.1. The van der Waals surface area contributed by atoms with Crippen LogP contribution < -0.4 is 37.9 Å². The van der Waals surface area contributed by atoms with Crippen LogP contribution in [0.25, 0.3) is 32.7 Å². The van der Waals surface area contributed by atoms with Crippen LogP contribution in [-0.2, 0) is 6.54 Å². The standard InChI is InChI=1S/C19H20FN3O.C18H23FN4O.C14H10BrFN2O/c1-11-5-6-22(10-11)19-12(2)18-15(8-16(19)20)13(9-21)7-17(24)23(18)14-3-4-14;1-10-17-14(7-15(19)18(10)22-5-4-12(21)9-22)11(8-20)6-16(24)23(17)13-2-3-13;1-7-13(15)11(16)5-10-8(6-17)4-12(19)18(14(7)10)9-2-3-9/h7-8,11,14H,3-6,10H2,1-2H3;6-7,12-13H,2-5,8-9,20-21H2,1H3;4-5,9H,2-3H2,1H3/t11-;12-;/m00./s1. The minimum atomic E-state index is -0.414. The summed E-state index contributed by atoms with van der Waals surface area (Å²) in [6.45, 7) is 11.0. The highest BCUT2D eigenvalue weighted by molar-refractivity contribution is 9.10. The van der Waals surface area contributed by atoms with E-state index in [0.717, 1.165) is 98.5 Å². The summed E-state index contributed by atoms with van der Waals surface area (Å²) in [4.78, 5) is 41.3. The molecule has 5 fully saturated rings. The molecule has 0 unspecified atom stereocenters. The predicted octanol–water partition coefficient (Wildman–Crippen LogP) is 8.70. The number of halogens is 4. The summed E-state index contributed by atoms with van der Waals surface area (Å²) in [5.41, 5.74) is 18.3. The third-order valence-corrected chi connectivity index (χ3v) is 15.0. The number of aromatic nitrogens is 3. The first-order valence-corrected chi connectivity index (χ1v) is 23.9. The van der Waals surface area contributed by atoms with Crippen molar-refractivity contribution < 1.29 is 13.2 Å². The summed E-state index contributed by atoms with van der Waals surface area (Å²) < 4.78 is 49.3. The molecule has 2 saturated heterocycles. The summed E-state index contributed by atoms with van der Waals surface area (Å²) in [7, 11) is 0. The second kappa shape index (κ2) is 17.9. The van der Waals surface area contributed by atoms with Gasteiger partial charge in [-0.1, -0.05) is 6.92 Å². The predicted molar refractivity (Wildman–Crippen MR) is 259 cm³/mol. The van der Waals surface area contributed by atoms with Crippen molar-refractivity contribution in [1.82, 2.24) is 13.7 Å². The van der Waals surface area contributed by atoms with E-state index in [9.17, 15) is 32.8 Å². The van der Waals surface area contributed by atoms with E-state index in [-0.39, 0.29) is 70.2 Å². The maximum absolute atomic E-state index is 14.9. The van der Waals surface area contributed by atoms with Gasteiger partial charge in [0.2, 0.25) is 0 Å². The van der Waals surface area contributed by atoms with Gasteiger partial charge in [-0.2, -0.15) is 10.5 Å². The van der Waals surface area contributed by atoms with Gasteiger partial charge in [-0.05, 0) is 134 Å². The molecule has 6 aromatic rings. The Morgan fingerprint density at radius 3 is 1.45 bits per heavy atom. The van der Waals surface area contributed by atoms with Crippen LogP contribution in [0.5, 0.6) is 0 Å². The van der Waals surface area contributed by atoms with Crippen molar-refractivity contribution in [3.8, 4) is 12.1 Å². The fourth-order valence-electron chi connectivity index (χ4n) is 10.4. The number of aryl methyl sites for hydroxylation is 3. The number of benzene rings is 3. The van der Waals surface area contributed by atoms with Crippen molar-refractivity contribution in [2.75, 3.05) is 36.0 Å². The molecule has 3 aromatic carbocycles. The van der Waals surface area contributed by atoms with Gasteiger partial charge in [0.05, 0.1) is 43.5 Å². The summed E-state index contributed by atoms with van der Waals surface area (Å²) >= 11 is 3.20. The molecular weight excluding hydrogens is 924 g/mol. The number of pyridine rings is 3. The first-order valence-electron chi connectivity index (χ1n) is 23.1. The van der Waals surface area contributed by atoms with Crippen molar-refractivity contribution in [3.05, 3.63) is 123 Å². The zero-order valence-corrected chi connectivity index (χ0v) is 39.7. The summed E-state index contributed by atoms with van der Waals surface area (Å²) in [5.74, 6) is -0.436. The van der Waals surface area contributed by atoms with Gasteiger partial charge in [-0.15, -0.1) is 0 Å². The third-order valence-electron chi connectivity index (χ3n) is 14.0. The molecule has 0 bridgehead atoms. The highest BCUT2D eigenvalue weighted by Gasteiger charge is 2.33. The zero-order chi connectivity index (χ0) is 47.7. The maximum Gasteiger partial charge on any atom is 0.252 e. The number of anilines is 2. The molecule has 16 heteroatoms. The van der Waals surface area contributed by atoms with Crippen molar-refractivity contribution in [2.45, 2.75) is 110 Å². The Hall–Kier alpha value is -5.94. The average Bonchev–Trinajstić information content (AvgIpc) is 4.21. The summed E-state index contributed by atoms with van der Waals surface area (Å²) in [6, 6.07) is 13.2. The van der Waals surface area contributed by atoms with Crippen LogP contribution in [0.15, 0.2) is 55.3 Å². The van der Waals surface area contributed by atoms with E-state index >= 15 is 0 Å². The van der Waals surface area contributed by atoms with Gasteiger partial charge in [0.25, 0.3) is 16.7 Å². The van der Waals surface area contributed by atoms with Crippen molar-refractivity contribution >= 4 is 60.0 Å². The van der Waals surface area contributed by atoms with E-state index < -0.39 is 5.82 Å². The Morgan fingerprint density at radius 2 is 1.03 bits per heavy atom. The van der Waals surface area contributed by atoms with E-state index in [1.807, 2.05) is 29.4 Å². The molecule has 3 saturated carbocycles. The van der Waals surface area contributed by atoms with E-state index in [2.05, 4.69) is 33.8 Å². The van der Waals surface area contributed by atoms with Crippen LogP contribution in [0.2, 0.25) is 0 Å². The van der Waals surface area contributed by atoms with Gasteiger partial charge in [0.15, 0.2) is 0 Å². The number of fused-ring (bicyclic) bond motifs is 3. The van der Waals surface area contributed by atoms with Crippen LogP contribution in [0.3, 0.4) is 0 Å². The molecule has 0 radical (unpaired) electrons. The van der Waals surface area contributed by atoms with E-state index in [4.69, 9.17) is 16.7 Å². The Morgan fingerprint density at radius 1 is 0.612 bits per heavy atom. The molecule has 0 amide bonds. The SMILES string of the molecule is Cc1c(Br)c(F)cc2c(C#N)cc(=O)n(C3CC3)c12.Cc1c(N2CC[C@H](C)C2)c(F)cc2c(C#N)cc(=O)n(C3CC3)c12.Cc1c(N2CC[C@H](N)C2)c(F)cc2c(CN)cc(=O)n(C3CC3)c12. The van der Waals surface area contributed by atoms with Crippen molar-refractivity contribution in [1.29, 1.82) is 10.5 Å². The van der Waals surface area contributed by atoms with E-state index in [1.165, 1.54) is 24.3 Å². The largest absolute Gasteiger partial charge is 0.369 e. The van der Waals surface area contributed by atoms with E-state index in [0.29, 0.717) is 55.7 Å². The number of nitrogens with zero attached hydrogens (tertiary/aromatic N) is 7. The Kier molecular flexibility index (Phi) is 12.4. The second-order valence-corrected chi connectivity index (χ2v) is 19.8. The van der Waals surface area contributed by atoms with Crippen LogP contribution in [-0.4, -0.2) is 45.9 Å². The van der Waals surface area contributed by atoms with Gasteiger partial charge < -0.3 is 35.0 Å². The first-order chi connectivity index (χ1) is 32.1. The van der Waals surface area contributed by atoms with Crippen LogP contribution in [0.1, 0.15) is 110 Å². The van der Waals surface area contributed by atoms with Crippen molar-refractivity contribution in [2.24, 2.45) is 17.4 Å². The van der Waals surface area contributed by atoms with Gasteiger partial charge in [0, 0.05) is 91.2 Å². The molecule has 5 aliphatic rings. The normalized spacial score (nSPS) is 19.0. The lowest BCUT2D eigenvalue weighted by atomic mass is 10.0. The smallest absolute Gasteiger partial charge is 0.252 e. The second-order valence-electron chi connectivity index (χ2n) is 19.0. The molecule has 348 valence electrons. The minimum absolute atomic E-state index is 0.0377. The lowest BCUT2D eigenvalue weighted by Gasteiger charge is -2.24. The molecular formula is C51H53BrF3N9O3. The molecule has 5 heterocycles. The molecule has 3 aromatic heterocycles. The molecule has 0 spiro atoms.